The number of halogens is 3. The number of ether oxygens (including phenoxy) is 1. The van der Waals surface area contributed by atoms with Crippen LogP contribution in [0.3, 0.4) is 0 Å². The van der Waals surface area contributed by atoms with Crippen molar-refractivity contribution in [2.75, 3.05) is 18.4 Å². The van der Waals surface area contributed by atoms with Gasteiger partial charge >= 0.3 is 6.61 Å². The number of alkyl halides is 2. The van der Waals surface area contributed by atoms with Crippen LogP contribution in [0.2, 0.25) is 0 Å². The molecule has 1 heterocycles. The van der Waals surface area contributed by atoms with E-state index in [2.05, 4.69) is 15.0 Å². The molecule has 0 unspecified atom stereocenters. The van der Waals surface area contributed by atoms with Crippen LogP contribution in [0.4, 0.5) is 18.9 Å². The van der Waals surface area contributed by atoms with E-state index in [4.69, 9.17) is 0 Å². The zero-order valence-corrected chi connectivity index (χ0v) is 16.1. The quantitative estimate of drug-likeness (QED) is 0.666. The third-order valence-electron chi connectivity index (χ3n) is 5.11. The predicted octanol–water partition coefficient (Wildman–Crippen LogP) is 5.06. The summed E-state index contributed by atoms with van der Waals surface area (Å²) in [7, 11) is 0. The predicted molar refractivity (Wildman–Crippen MR) is 105 cm³/mol. The van der Waals surface area contributed by atoms with Gasteiger partial charge in [-0.15, -0.1) is 0 Å². The molecule has 2 aromatic rings. The van der Waals surface area contributed by atoms with Crippen molar-refractivity contribution < 1.29 is 22.7 Å². The standard InChI is InChI=1S/C22H25F3N2O2/c23-18-8-2-3-9-19(18)26-21(28)12-11-16-6-5-13-27(14-16)15-17-7-1-4-10-20(17)29-22(24)25/h1-4,7-10,16,22H,5-6,11-15H2,(H,26,28)/t16-/m0/s1. The highest BCUT2D eigenvalue weighted by molar-refractivity contribution is 5.90. The maximum Gasteiger partial charge on any atom is 0.387 e. The molecule has 2 aromatic carbocycles. The van der Waals surface area contributed by atoms with Gasteiger partial charge in [-0.25, -0.2) is 4.39 Å². The zero-order valence-electron chi connectivity index (χ0n) is 16.1. The molecule has 156 valence electrons. The number of carbonyl (C=O) groups excluding carboxylic acids is 1. The third-order valence-corrected chi connectivity index (χ3v) is 5.11. The van der Waals surface area contributed by atoms with E-state index in [9.17, 15) is 18.0 Å². The highest BCUT2D eigenvalue weighted by atomic mass is 19.3. The molecule has 29 heavy (non-hydrogen) atoms. The summed E-state index contributed by atoms with van der Waals surface area (Å²) in [6.07, 6.45) is 3.01. The number of amides is 1. The Bertz CT molecular complexity index is 816. The number of hydrogen-bond donors (Lipinski definition) is 1. The van der Waals surface area contributed by atoms with Gasteiger partial charge < -0.3 is 10.1 Å². The molecule has 0 radical (unpaired) electrons. The van der Waals surface area contributed by atoms with Crippen molar-refractivity contribution in [2.45, 2.75) is 38.8 Å². The lowest BCUT2D eigenvalue weighted by Gasteiger charge is -2.33. The molecule has 0 spiro atoms. The molecule has 0 aliphatic carbocycles. The average Bonchev–Trinajstić information content (AvgIpc) is 2.70. The topological polar surface area (TPSA) is 41.6 Å². The fourth-order valence-corrected chi connectivity index (χ4v) is 3.73. The third kappa shape index (κ3) is 6.49. The lowest BCUT2D eigenvalue weighted by molar-refractivity contribution is -0.116. The molecule has 1 N–H and O–H groups in total. The van der Waals surface area contributed by atoms with E-state index in [1.807, 2.05) is 6.07 Å². The summed E-state index contributed by atoms with van der Waals surface area (Å²) in [6, 6.07) is 12.9. The molecule has 1 atom stereocenters. The van der Waals surface area contributed by atoms with E-state index in [1.165, 1.54) is 12.1 Å². The van der Waals surface area contributed by atoms with Gasteiger partial charge in [-0.3, -0.25) is 9.69 Å². The molecule has 4 nitrogen and oxygen atoms in total. The lowest BCUT2D eigenvalue weighted by atomic mass is 9.93. The fraction of sp³-hybridized carbons (Fsp3) is 0.409. The Labute approximate surface area is 168 Å². The summed E-state index contributed by atoms with van der Waals surface area (Å²) in [4.78, 5) is 14.4. The fourth-order valence-electron chi connectivity index (χ4n) is 3.73. The van der Waals surface area contributed by atoms with Crippen molar-refractivity contribution in [2.24, 2.45) is 5.92 Å². The molecule has 7 heteroatoms. The first-order valence-electron chi connectivity index (χ1n) is 9.80. The summed E-state index contributed by atoms with van der Waals surface area (Å²) in [5, 5.41) is 2.61. The zero-order chi connectivity index (χ0) is 20.6. The summed E-state index contributed by atoms with van der Waals surface area (Å²) in [5.74, 6) is -0.121. The number of likely N-dealkylation sites (tertiary alicyclic amines) is 1. The summed E-state index contributed by atoms with van der Waals surface area (Å²) < 4.78 is 43.5. The number of nitrogens with one attached hydrogen (secondary N) is 1. The van der Waals surface area contributed by atoms with Gasteiger partial charge in [-0.05, 0) is 49.9 Å². The van der Waals surface area contributed by atoms with Crippen molar-refractivity contribution in [1.82, 2.24) is 4.90 Å². The second-order valence-electron chi connectivity index (χ2n) is 7.30. The molecule has 0 saturated carbocycles. The van der Waals surface area contributed by atoms with Gasteiger partial charge in [-0.2, -0.15) is 8.78 Å². The molecule has 1 saturated heterocycles. The van der Waals surface area contributed by atoms with E-state index in [0.717, 1.165) is 31.5 Å². The number of benzene rings is 2. The number of rotatable bonds is 8. The SMILES string of the molecule is O=C(CC[C@@H]1CCCN(Cc2ccccc2OC(F)F)C1)Nc1ccccc1F. The van der Waals surface area contributed by atoms with Crippen molar-refractivity contribution in [1.29, 1.82) is 0 Å². The van der Waals surface area contributed by atoms with Crippen molar-refractivity contribution in [3.8, 4) is 5.75 Å². The smallest absolute Gasteiger partial charge is 0.387 e. The molecule has 1 amide bonds. The maximum absolute atomic E-state index is 13.6. The Kier molecular flexibility index (Phi) is 7.52. The van der Waals surface area contributed by atoms with Crippen LogP contribution in [0, 0.1) is 11.7 Å². The largest absolute Gasteiger partial charge is 0.434 e. The van der Waals surface area contributed by atoms with Crippen LogP contribution in [0.15, 0.2) is 48.5 Å². The molecule has 3 rings (SSSR count). The summed E-state index contributed by atoms with van der Waals surface area (Å²) in [6.45, 7) is -0.657. The first-order valence-corrected chi connectivity index (χ1v) is 9.80. The molecular formula is C22H25F3N2O2. The van der Waals surface area contributed by atoms with Crippen LogP contribution in [-0.2, 0) is 11.3 Å². The molecule has 1 aliphatic heterocycles. The Hall–Kier alpha value is -2.54. The van der Waals surface area contributed by atoms with Gasteiger partial charge in [0.15, 0.2) is 0 Å². The van der Waals surface area contributed by atoms with Crippen LogP contribution in [0.25, 0.3) is 0 Å². The minimum atomic E-state index is -2.85. The molecule has 0 aromatic heterocycles. The number of hydrogen-bond acceptors (Lipinski definition) is 3. The number of anilines is 1. The van der Waals surface area contributed by atoms with E-state index in [0.29, 0.717) is 25.3 Å². The second-order valence-corrected chi connectivity index (χ2v) is 7.30. The van der Waals surface area contributed by atoms with Gasteiger partial charge in [0.1, 0.15) is 11.6 Å². The van der Waals surface area contributed by atoms with Gasteiger partial charge in [0.2, 0.25) is 5.91 Å². The number of para-hydroxylation sites is 2. The van der Waals surface area contributed by atoms with E-state index in [-0.39, 0.29) is 17.3 Å². The lowest BCUT2D eigenvalue weighted by Crippen LogP contribution is -2.35. The first kappa shape index (κ1) is 21.2. The van der Waals surface area contributed by atoms with E-state index in [1.54, 1.807) is 30.3 Å². The van der Waals surface area contributed by atoms with E-state index < -0.39 is 12.4 Å². The number of carbonyl (C=O) groups is 1. The van der Waals surface area contributed by atoms with Crippen molar-refractivity contribution in [3.63, 3.8) is 0 Å². The Morgan fingerprint density at radius 3 is 2.72 bits per heavy atom. The second kappa shape index (κ2) is 10.3. The maximum atomic E-state index is 13.6. The monoisotopic (exact) mass is 406 g/mol. The highest BCUT2D eigenvalue weighted by Crippen LogP contribution is 2.26. The Morgan fingerprint density at radius 1 is 1.17 bits per heavy atom. The summed E-state index contributed by atoms with van der Waals surface area (Å²) >= 11 is 0. The highest BCUT2D eigenvalue weighted by Gasteiger charge is 2.22. The minimum Gasteiger partial charge on any atom is -0.434 e. The molecular weight excluding hydrogens is 381 g/mol. The van der Waals surface area contributed by atoms with Gasteiger partial charge in [-0.1, -0.05) is 30.3 Å². The van der Waals surface area contributed by atoms with Crippen LogP contribution in [0.5, 0.6) is 5.75 Å². The van der Waals surface area contributed by atoms with Crippen LogP contribution < -0.4 is 10.1 Å². The summed E-state index contributed by atoms with van der Waals surface area (Å²) in [5.41, 5.74) is 0.921. The first-order chi connectivity index (χ1) is 14.0. The normalized spacial score (nSPS) is 17.3. The Morgan fingerprint density at radius 2 is 1.93 bits per heavy atom. The van der Waals surface area contributed by atoms with Gasteiger partial charge in [0, 0.05) is 25.1 Å². The molecule has 0 bridgehead atoms. The minimum absolute atomic E-state index is 0.193. The Balaban J connectivity index is 1.50. The van der Waals surface area contributed by atoms with Crippen LogP contribution in [0.1, 0.15) is 31.2 Å². The van der Waals surface area contributed by atoms with Crippen molar-refractivity contribution in [3.05, 3.63) is 59.9 Å². The van der Waals surface area contributed by atoms with Gasteiger partial charge in [0.25, 0.3) is 0 Å². The number of piperidine rings is 1. The van der Waals surface area contributed by atoms with Gasteiger partial charge in [0.05, 0.1) is 5.69 Å². The van der Waals surface area contributed by atoms with Crippen molar-refractivity contribution >= 4 is 11.6 Å². The van der Waals surface area contributed by atoms with Crippen LogP contribution in [-0.4, -0.2) is 30.5 Å². The van der Waals surface area contributed by atoms with E-state index >= 15 is 0 Å². The molecule has 1 fully saturated rings. The molecule has 1 aliphatic rings. The average molecular weight is 406 g/mol. The number of nitrogens with zero attached hydrogens (tertiary/aromatic N) is 1. The van der Waals surface area contributed by atoms with Crippen LogP contribution >= 0.6 is 0 Å².